The zero-order valence-corrected chi connectivity index (χ0v) is 16.4. The van der Waals surface area contributed by atoms with E-state index in [4.69, 9.17) is 9.47 Å². The SMILES string of the molecule is CCCCC(O)C#CCCCCCCCCCCOCC(=O)OCC. The number of rotatable bonds is 16. The molecule has 4 heteroatoms. The van der Waals surface area contributed by atoms with Crippen LogP contribution in [0.15, 0.2) is 0 Å². The Labute approximate surface area is 154 Å². The number of esters is 1. The summed E-state index contributed by atoms with van der Waals surface area (Å²) in [5.74, 6) is 5.75. The zero-order valence-electron chi connectivity index (χ0n) is 16.4. The van der Waals surface area contributed by atoms with Crippen molar-refractivity contribution in [1.29, 1.82) is 0 Å². The monoisotopic (exact) mass is 354 g/mol. The van der Waals surface area contributed by atoms with Crippen LogP contribution in [-0.2, 0) is 14.3 Å². The largest absolute Gasteiger partial charge is 0.464 e. The first kappa shape index (κ1) is 23.9. The Balaban J connectivity index is 3.21. The van der Waals surface area contributed by atoms with Crippen LogP contribution in [0.1, 0.15) is 90.9 Å². The summed E-state index contributed by atoms with van der Waals surface area (Å²) in [6, 6.07) is 0. The normalized spacial score (nSPS) is 11.6. The summed E-state index contributed by atoms with van der Waals surface area (Å²) in [5, 5.41) is 9.60. The van der Waals surface area contributed by atoms with Crippen molar-refractivity contribution in [2.24, 2.45) is 0 Å². The van der Waals surface area contributed by atoms with Gasteiger partial charge in [0.05, 0.1) is 6.61 Å². The van der Waals surface area contributed by atoms with Crippen LogP contribution in [0, 0.1) is 11.8 Å². The third kappa shape index (κ3) is 19.1. The minimum Gasteiger partial charge on any atom is -0.464 e. The van der Waals surface area contributed by atoms with Gasteiger partial charge in [0, 0.05) is 13.0 Å². The second kappa shape index (κ2) is 19.3. The highest BCUT2D eigenvalue weighted by Gasteiger charge is 2.00. The molecule has 0 fully saturated rings. The molecule has 4 nitrogen and oxygen atoms in total. The summed E-state index contributed by atoms with van der Waals surface area (Å²) in [6.07, 6.45) is 13.0. The second-order valence-electron chi connectivity index (χ2n) is 6.42. The molecule has 146 valence electrons. The van der Waals surface area contributed by atoms with Gasteiger partial charge in [-0.25, -0.2) is 4.79 Å². The molecular formula is C21H38O4. The maximum absolute atomic E-state index is 11.1. The van der Waals surface area contributed by atoms with Gasteiger partial charge in [0.25, 0.3) is 0 Å². The summed E-state index contributed by atoms with van der Waals surface area (Å²) in [7, 11) is 0. The van der Waals surface area contributed by atoms with E-state index in [2.05, 4.69) is 18.8 Å². The smallest absolute Gasteiger partial charge is 0.332 e. The highest BCUT2D eigenvalue weighted by atomic mass is 16.6. The van der Waals surface area contributed by atoms with Crippen molar-refractivity contribution in [3.63, 3.8) is 0 Å². The van der Waals surface area contributed by atoms with Gasteiger partial charge in [0.2, 0.25) is 0 Å². The lowest BCUT2D eigenvalue weighted by Gasteiger charge is -2.04. The Morgan fingerprint density at radius 1 is 0.960 bits per heavy atom. The fourth-order valence-electron chi connectivity index (χ4n) is 2.50. The molecular weight excluding hydrogens is 316 g/mol. The van der Waals surface area contributed by atoms with Gasteiger partial charge < -0.3 is 14.6 Å². The van der Waals surface area contributed by atoms with Crippen molar-refractivity contribution in [3.05, 3.63) is 0 Å². The Hall–Kier alpha value is -1.05. The van der Waals surface area contributed by atoms with Gasteiger partial charge in [-0.05, 0) is 26.2 Å². The summed E-state index contributed by atoms with van der Waals surface area (Å²) in [4.78, 5) is 11.1. The van der Waals surface area contributed by atoms with Crippen molar-refractivity contribution in [2.45, 2.75) is 97.0 Å². The number of aliphatic hydroxyl groups is 1. The van der Waals surface area contributed by atoms with Crippen LogP contribution in [-0.4, -0.2) is 37.0 Å². The Morgan fingerprint density at radius 3 is 2.24 bits per heavy atom. The highest BCUT2D eigenvalue weighted by Crippen LogP contribution is 2.09. The predicted octanol–water partition coefficient (Wildman–Crippen LogP) is 4.63. The van der Waals surface area contributed by atoms with Gasteiger partial charge in [0.15, 0.2) is 0 Å². The number of unbranched alkanes of at least 4 members (excludes halogenated alkanes) is 9. The molecule has 0 aliphatic heterocycles. The third-order valence-corrected chi connectivity index (χ3v) is 3.97. The molecule has 0 rings (SSSR count). The molecule has 0 heterocycles. The standard InChI is InChI=1S/C21H38O4/c1-3-5-16-20(22)17-14-12-10-8-6-7-9-11-13-15-18-24-19-21(23)25-4-2/h20,22H,3-13,15-16,18-19H2,1-2H3. The third-order valence-electron chi connectivity index (χ3n) is 3.97. The Kier molecular flexibility index (Phi) is 18.5. The summed E-state index contributed by atoms with van der Waals surface area (Å²) in [5.41, 5.74) is 0. The molecule has 1 unspecified atom stereocenters. The van der Waals surface area contributed by atoms with Crippen LogP contribution >= 0.6 is 0 Å². The van der Waals surface area contributed by atoms with Crippen LogP contribution in [0.2, 0.25) is 0 Å². The molecule has 25 heavy (non-hydrogen) atoms. The zero-order chi connectivity index (χ0) is 18.6. The molecule has 0 spiro atoms. The van der Waals surface area contributed by atoms with Crippen LogP contribution in [0.5, 0.6) is 0 Å². The number of hydrogen-bond acceptors (Lipinski definition) is 4. The summed E-state index contributed by atoms with van der Waals surface area (Å²) < 4.78 is 10.1. The first-order valence-electron chi connectivity index (χ1n) is 10.1. The molecule has 0 amide bonds. The van der Waals surface area contributed by atoms with Gasteiger partial charge in [-0.15, -0.1) is 5.92 Å². The quantitative estimate of drug-likeness (QED) is 0.249. The number of hydrogen-bond donors (Lipinski definition) is 1. The molecule has 0 aromatic heterocycles. The number of ether oxygens (including phenoxy) is 2. The van der Waals surface area contributed by atoms with Crippen LogP contribution in [0.25, 0.3) is 0 Å². The lowest BCUT2D eigenvalue weighted by molar-refractivity contribution is -0.148. The minimum absolute atomic E-state index is 0.0758. The topological polar surface area (TPSA) is 55.8 Å². The van der Waals surface area contributed by atoms with E-state index in [0.29, 0.717) is 13.2 Å². The van der Waals surface area contributed by atoms with Crippen molar-refractivity contribution < 1.29 is 19.4 Å². The lowest BCUT2D eigenvalue weighted by atomic mass is 10.1. The molecule has 0 saturated heterocycles. The lowest BCUT2D eigenvalue weighted by Crippen LogP contribution is -2.12. The molecule has 1 atom stereocenters. The molecule has 0 aliphatic rings. The molecule has 0 bridgehead atoms. The van der Waals surface area contributed by atoms with E-state index in [-0.39, 0.29) is 12.6 Å². The van der Waals surface area contributed by atoms with E-state index in [1.54, 1.807) is 6.92 Å². The Morgan fingerprint density at radius 2 is 1.60 bits per heavy atom. The first-order chi connectivity index (χ1) is 12.2. The summed E-state index contributed by atoms with van der Waals surface area (Å²) in [6.45, 7) is 5.05. The predicted molar refractivity (Wildman–Crippen MR) is 102 cm³/mol. The van der Waals surface area contributed by atoms with E-state index in [0.717, 1.165) is 44.9 Å². The van der Waals surface area contributed by atoms with Gasteiger partial charge >= 0.3 is 5.97 Å². The van der Waals surface area contributed by atoms with Crippen molar-refractivity contribution in [3.8, 4) is 11.8 Å². The highest BCUT2D eigenvalue weighted by molar-refractivity contribution is 5.70. The van der Waals surface area contributed by atoms with Gasteiger partial charge in [-0.2, -0.15) is 0 Å². The number of carbonyl (C=O) groups excluding carboxylic acids is 1. The van der Waals surface area contributed by atoms with Gasteiger partial charge in [-0.1, -0.05) is 64.2 Å². The molecule has 0 aliphatic carbocycles. The van der Waals surface area contributed by atoms with E-state index in [1.165, 1.54) is 32.1 Å². The molecule has 0 aromatic carbocycles. The number of carbonyl (C=O) groups is 1. The molecule has 0 radical (unpaired) electrons. The molecule has 0 aromatic rings. The average Bonchev–Trinajstić information content (AvgIpc) is 2.60. The van der Waals surface area contributed by atoms with E-state index in [1.807, 2.05) is 0 Å². The van der Waals surface area contributed by atoms with Crippen molar-refractivity contribution >= 4 is 5.97 Å². The van der Waals surface area contributed by atoms with E-state index in [9.17, 15) is 9.90 Å². The minimum atomic E-state index is -0.429. The van der Waals surface area contributed by atoms with Crippen molar-refractivity contribution in [2.75, 3.05) is 19.8 Å². The van der Waals surface area contributed by atoms with Gasteiger partial charge in [0.1, 0.15) is 12.7 Å². The van der Waals surface area contributed by atoms with Gasteiger partial charge in [-0.3, -0.25) is 0 Å². The maximum atomic E-state index is 11.1. The number of aliphatic hydroxyl groups excluding tert-OH is 1. The van der Waals surface area contributed by atoms with Crippen molar-refractivity contribution in [1.82, 2.24) is 0 Å². The van der Waals surface area contributed by atoms with E-state index < -0.39 is 6.10 Å². The summed E-state index contributed by atoms with van der Waals surface area (Å²) >= 11 is 0. The maximum Gasteiger partial charge on any atom is 0.332 e. The van der Waals surface area contributed by atoms with Crippen LogP contribution in [0.3, 0.4) is 0 Å². The average molecular weight is 355 g/mol. The van der Waals surface area contributed by atoms with E-state index >= 15 is 0 Å². The fraction of sp³-hybridized carbons (Fsp3) is 0.857. The van der Waals surface area contributed by atoms with Crippen LogP contribution in [0.4, 0.5) is 0 Å². The fourth-order valence-corrected chi connectivity index (χ4v) is 2.50. The first-order valence-corrected chi connectivity index (χ1v) is 10.1. The molecule has 0 saturated carbocycles. The van der Waals surface area contributed by atoms with Crippen LogP contribution < -0.4 is 0 Å². The molecule has 1 N–H and O–H groups in total. The Bertz CT molecular complexity index is 357. The second-order valence-corrected chi connectivity index (χ2v) is 6.42.